The van der Waals surface area contributed by atoms with E-state index < -0.39 is 20.8 Å². The Balaban J connectivity index is 2.09. The van der Waals surface area contributed by atoms with Crippen molar-refractivity contribution in [3.8, 4) is 0 Å². The first-order valence-corrected chi connectivity index (χ1v) is 8.66. The third-order valence-corrected chi connectivity index (χ3v) is 5.15. The van der Waals surface area contributed by atoms with Gasteiger partial charge in [-0.15, -0.1) is 0 Å². The second-order valence-electron chi connectivity index (χ2n) is 5.17. The van der Waals surface area contributed by atoms with E-state index in [1.165, 1.54) is 0 Å². The van der Waals surface area contributed by atoms with Gasteiger partial charge in [0.15, 0.2) is 0 Å². The predicted molar refractivity (Wildman–Crippen MR) is 80.9 cm³/mol. The Morgan fingerprint density at radius 3 is 2.59 bits per heavy atom. The van der Waals surface area contributed by atoms with Crippen LogP contribution in [0.3, 0.4) is 0 Å². The van der Waals surface area contributed by atoms with Crippen LogP contribution in [0.25, 0.3) is 0 Å². The lowest BCUT2D eigenvalue weighted by Gasteiger charge is -2.33. The van der Waals surface area contributed by atoms with Crippen LogP contribution in [0.2, 0.25) is 0 Å². The maximum absolute atomic E-state index is 13.4. The zero-order valence-corrected chi connectivity index (χ0v) is 13.0. The molecule has 0 spiro atoms. The van der Waals surface area contributed by atoms with Gasteiger partial charge in [-0.25, -0.2) is 17.5 Å². The summed E-state index contributed by atoms with van der Waals surface area (Å²) in [4.78, 5) is 12.2. The number of anilines is 1. The van der Waals surface area contributed by atoms with Crippen LogP contribution in [0.1, 0.15) is 19.8 Å². The monoisotopic (exact) mass is 331 g/mol. The molecule has 1 aromatic rings. The summed E-state index contributed by atoms with van der Waals surface area (Å²) in [6.45, 7) is 2.43. The average Bonchev–Trinajstić information content (AvgIpc) is 2.47. The molecule has 1 saturated heterocycles. The van der Waals surface area contributed by atoms with Crippen molar-refractivity contribution in [3.05, 3.63) is 34.1 Å². The Labute approximate surface area is 128 Å². The molecule has 1 fully saturated rings. The zero-order valence-electron chi connectivity index (χ0n) is 12.2. The maximum Gasteiger partial charge on any atom is 0.292 e. The van der Waals surface area contributed by atoms with Gasteiger partial charge < -0.3 is 4.90 Å². The number of piperidine rings is 1. The average molecular weight is 331 g/mol. The van der Waals surface area contributed by atoms with Crippen molar-refractivity contribution in [3.63, 3.8) is 0 Å². The SMILES string of the molecule is CCS(=O)(=O)NC1CCN(c2cc(F)ccc2[N+](=O)[O-])CC1. The number of nitrogens with zero attached hydrogens (tertiary/aromatic N) is 2. The highest BCUT2D eigenvalue weighted by atomic mass is 32.2. The van der Waals surface area contributed by atoms with Gasteiger partial charge in [0.2, 0.25) is 10.0 Å². The first-order chi connectivity index (χ1) is 10.3. The summed E-state index contributed by atoms with van der Waals surface area (Å²) >= 11 is 0. The van der Waals surface area contributed by atoms with Crippen molar-refractivity contribution < 1.29 is 17.7 Å². The Morgan fingerprint density at radius 2 is 2.05 bits per heavy atom. The normalized spacial score (nSPS) is 16.7. The molecule has 0 saturated carbocycles. The van der Waals surface area contributed by atoms with Gasteiger partial charge in [0.1, 0.15) is 11.5 Å². The van der Waals surface area contributed by atoms with E-state index in [0.717, 1.165) is 18.2 Å². The molecule has 9 heteroatoms. The van der Waals surface area contributed by atoms with E-state index in [2.05, 4.69) is 4.72 Å². The molecule has 0 bridgehead atoms. The zero-order chi connectivity index (χ0) is 16.3. The largest absolute Gasteiger partial charge is 0.366 e. The highest BCUT2D eigenvalue weighted by Gasteiger charge is 2.26. The van der Waals surface area contributed by atoms with Gasteiger partial charge in [0.25, 0.3) is 5.69 Å². The number of nitro groups is 1. The molecule has 122 valence electrons. The molecule has 1 N–H and O–H groups in total. The van der Waals surface area contributed by atoms with Crippen LogP contribution in [0, 0.1) is 15.9 Å². The molecule has 0 radical (unpaired) electrons. The summed E-state index contributed by atoms with van der Waals surface area (Å²) in [5.74, 6) is -0.517. The molecule has 1 aliphatic heterocycles. The van der Waals surface area contributed by atoms with E-state index >= 15 is 0 Å². The van der Waals surface area contributed by atoms with Gasteiger partial charge in [-0.05, 0) is 25.8 Å². The minimum Gasteiger partial charge on any atom is -0.366 e. The molecule has 0 atom stereocenters. The molecule has 1 aliphatic rings. The van der Waals surface area contributed by atoms with Crippen LogP contribution in [-0.2, 0) is 10.0 Å². The third-order valence-electron chi connectivity index (χ3n) is 3.70. The van der Waals surface area contributed by atoms with E-state index in [4.69, 9.17) is 0 Å². The summed E-state index contributed by atoms with van der Waals surface area (Å²) < 4.78 is 39.1. The smallest absolute Gasteiger partial charge is 0.292 e. The number of benzene rings is 1. The van der Waals surface area contributed by atoms with Gasteiger partial charge >= 0.3 is 0 Å². The Morgan fingerprint density at radius 1 is 1.41 bits per heavy atom. The summed E-state index contributed by atoms with van der Waals surface area (Å²) in [6.07, 6.45) is 1.04. The highest BCUT2D eigenvalue weighted by Crippen LogP contribution is 2.31. The molecule has 0 aliphatic carbocycles. The molecule has 0 amide bonds. The molecule has 0 aromatic heterocycles. The number of nitro benzene ring substituents is 1. The molecule has 0 unspecified atom stereocenters. The minimum atomic E-state index is -3.27. The Kier molecular flexibility index (Phi) is 4.97. The molecule has 1 aromatic carbocycles. The van der Waals surface area contributed by atoms with Gasteiger partial charge in [0, 0.05) is 31.3 Å². The van der Waals surface area contributed by atoms with Crippen molar-refractivity contribution in [1.82, 2.24) is 4.72 Å². The van der Waals surface area contributed by atoms with Crippen molar-refractivity contribution in [2.75, 3.05) is 23.7 Å². The third kappa shape index (κ3) is 3.92. The fourth-order valence-corrected chi connectivity index (χ4v) is 3.39. The van der Waals surface area contributed by atoms with Crippen LogP contribution in [0.5, 0.6) is 0 Å². The summed E-state index contributed by atoms with van der Waals surface area (Å²) in [5.41, 5.74) is 0.0933. The van der Waals surface area contributed by atoms with Crippen LogP contribution >= 0.6 is 0 Å². The van der Waals surface area contributed by atoms with Gasteiger partial charge in [-0.2, -0.15) is 0 Å². The van der Waals surface area contributed by atoms with E-state index in [9.17, 15) is 22.9 Å². The van der Waals surface area contributed by atoms with Crippen molar-refractivity contribution in [2.45, 2.75) is 25.8 Å². The van der Waals surface area contributed by atoms with Crippen molar-refractivity contribution >= 4 is 21.4 Å². The standard InChI is InChI=1S/C13H18FN3O4S/c1-2-22(20,21)15-11-5-7-16(8-6-11)13-9-10(14)3-4-12(13)17(18)19/h3-4,9,11,15H,2,5-8H2,1H3. The number of nitrogens with one attached hydrogen (secondary N) is 1. The number of hydrogen-bond acceptors (Lipinski definition) is 5. The van der Waals surface area contributed by atoms with Crippen molar-refractivity contribution in [1.29, 1.82) is 0 Å². The molecular formula is C13H18FN3O4S. The molecule has 1 heterocycles. The predicted octanol–water partition coefficient (Wildman–Crippen LogP) is 1.64. The quantitative estimate of drug-likeness (QED) is 0.654. The van der Waals surface area contributed by atoms with E-state index in [-0.39, 0.29) is 23.2 Å². The molecular weight excluding hydrogens is 313 g/mol. The molecule has 22 heavy (non-hydrogen) atoms. The second kappa shape index (κ2) is 6.57. The number of halogens is 1. The van der Waals surface area contributed by atoms with Crippen LogP contribution in [0.4, 0.5) is 15.8 Å². The van der Waals surface area contributed by atoms with Gasteiger partial charge in [-0.1, -0.05) is 0 Å². The fourth-order valence-electron chi connectivity index (χ4n) is 2.48. The first kappa shape index (κ1) is 16.6. The topological polar surface area (TPSA) is 92.6 Å². The lowest BCUT2D eigenvalue weighted by Crippen LogP contribution is -2.45. The number of hydrogen-bond donors (Lipinski definition) is 1. The highest BCUT2D eigenvalue weighted by molar-refractivity contribution is 7.89. The van der Waals surface area contributed by atoms with Gasteiger partial charge in [-0.3, -0.25) is 10.1 Å². The second-order valence-corrected chi connectivity index (χ2v) is 7.22. The summed E-state index contributed by atoms with van der Waals surface area (Å²) in [6, 6.07) is 3.17. The Hall–Kier alpha value is -1.74. The fraction of sp³-hybridized carbons (Fsp3) is 0.538. The number of sulfonamides is 1. The lowest BCUT2D eigenvalue weighted by atomic mass is 10.0. The number of rotatable bonds is 5. The van der Waals surface area contributed by atoms with Crippen LogP contribution < -0.4 is 9.62 Å². The first-order valence-electron chi connectivity index (χ1n) is 7.01. The van der Waals surface area contributed by atoms with Gasteiger partial charge in [0.05, 0.1) is 10.7 Å². The lowest BCUT2D eigenvalue weighted by molar-refractivity contribution is -0.384. The van der Waals surface area contributed by atoms with E-state index in [1.807, 2.05) is 0 Å². The molecule has 7 nitrogen and oxygen atoms in total. The van der Waals surface area contributed by atoms with E-state index in [0.29, 0.717) is 25.9 Å². The minimum absolute atomic E-state index is 0.0165. The van der Waals surface area contributed by atoms with Crippen molar-refractivity contribution in [2.24, 2.45) is 0 Å². The summed E-state index contributed by atoms with van der Waals surface area (Å²) in [7, 11) is -3.27. The van der Waals surface area contributed by atoms with Crippen LogP contribution in [0.15, 0.2) is 18.2 Å². The Bertz CT molecular complexity index is 657. The maximum atomic E-state index is 13.4. The van der Waals surface area contributed by atoms with E-state index in [1.54, 1.807) is 11.8 Å². The van der Waals surface area contributed by atoms with Crippen LogP contribution in [-0.4, -0.2) is 38.2 Å². The molecule has 2 rings (SSSR count). The summed E-state index contributed by atoms with van der Waals surface area (Å²) in [5, 5.41) is 11.0.